The highest BCUT2D eigenvalue weighted by Gasteiger charge is 2.26. The molecular weight excluding hydrogens is 266 g/mol. The van der Waals surface area contributed by atoms with E-state index in [1.807, 2.05) is 6.92 Å². The molecule has 1 aromatic rings. The van der Waals surface area contributed by atoms with Crippen LogP contribution in [-0.2, 0) is 16.4 Å². The fraction of sp³-hybridized carbons (Fsp3) is 0.538. The minimum absolute atomic E-state index is 0.225. The first-order chi connectivity index (χ1) is 8.88. The van der Waals surface area contributed by atoms with Crippen LogP contribution in [0.4, 0.5) is 0 Å². The Balaban J connectivity index is 3.59. The van der Waals surface area contributed by atoms with Gasteiger partial charge in [0.25, 0.3) is 0 Å². The molecule has 0 heterocycles. The number of methoxy groups -OCH3 is 2. The predicted octanol–water partition coefficient (Wildman–Crippen LogP) is 1.91. The summed E-state index contributed by atoms with van der Waals surface area (Å²) in [6.45, 7) is 2.00. The maximum absolute atomic E-state index is 12.4. The van der Waals surface area contributed by atoms with Crippen molar-refractivity contribution in [3.05, 3.63) is 17.7 Å². The highest BCUT2D eigenvalue weighted by atomic mass is 32.2. The van der Waals surface area contributed by atoms with Gasteiger partial charge in [-0.05, 0) is 18.1 Å². The number of aryl methyl sites for hydroxylation is 1. The van der Waals surface area contributed by atoms with Crippen LogP contribution in [0.15, 0.2) is 17.0 Å². The Bertz CT molecular complexity index is 538. The van der Waals surface area contributed by atoms with Gasteiger partial charge >= 0.3 is 0 Å². The van der Waals surface area contributed by atoms with E-state index < -0.39 is 10.0 Å². The van der Waals surface area contributed by atoms with Crippen molar-refractivity contribution in [3.63, 3.8) is 0 Å². The summed E-state index contributed by atoms with van der Waals surface area (Å²) < 4.78 is 36.4. The Morgan fingerprint density at radius 2 is 1.79 bits per heavy atom. The summed E-state index contributed by atoms with van der Waals surface area (Å²) in [6.07, 6.45) is 1.49. The summed E-state index contributed by atoms with van der Waals surface area (Å²) in [6, 6.07) is 3.35. The van der Waals surface area contributed by atoms with Gasteiger partial charge in [-0.1, -0.05) is 13.3 Å². The third-order valence-corrected chi connectivity index (χ3v) is 4.76. The van der Waals surface area contributed by atoms with Crippen LogP contribution in [0.1, 0.15) is 18.9 Å². The Labute approximate surface area is 115 Å². The molecule has 108 valence electrons. The van der Waals surface area contributed by atoms with E-state index >= 15 is 0 Å². The lowest BCUT2D eigenvalue weighted by Gasteiger charge is -2.19. The summed E-state index contributed by atoms with van der Waals surface area (Å²) in [5, 5.41) is 0. The molecule has 0 aromatic heterocycles. The van der Waals surface area contributed by atoms with Gasteiger partial charge in [0, 0.05) is 20.2 Å². The summed E-state index contributed by atoms with van der Waals surface area (Å²) in [4.78, 5) is 0.225. The van der Waals surface area contributed by atoms with Gasteiger partial charge in [0.05, 0.1) is 14.2 Å². The average Bonchev–Trinajstić information content (AvgIpc) is 2.37. The molecule has 0 aliphatic rings. The Hall–Kier alpha value is -1.27. The molecule has 0 N–H and O–H groups in total. The second-order valence-electron chi connectivity index (χ2n) is 4.36. The summed E-state index contributed by atoms with van der Waals surface area (Å²) >= 11 is 0. The van der Waals surface area contributed by atoms with E-state index in [0.29, 0.717) is 23.5 Å². The molecule has 0 unspecified atom stereocenters. The quantitative estimate of drug-likeness (QED) is 0.802. The molecule has 19 heavy (non-hydrogen) atoms. The first-order valence-electron chi connectivity index (χ1n) is 6.05. The number of rotatable bonds is 6. The number of sulfonamides is 1. The molecule has 1 aromatic carbocycles. The predicted molar refractivity (Wildman–Crippen MR) is 74.4 cm³/mol. The lowest BCUT2D eigenvalue weighted by Crippen LogP contribution is -2.24. The zero-order valence-electron chi connectivity index (χ0n) is 12.1. The molecular formula is C13H21NO4S. The molecule has 0 aliphatic carbocycles. The van der Waals surface area contributed by atoms with Gasteiger partial charge in [-0.15, -0.1) is 0 Å². The van der Waals surface area contributed by atoms with Crippen LogP contribution >= 0.6 is 0 Å². The Morgan fingerprint density at radius 3 is 2.21 bits per heavy atom. The maximum atomic E-state index is 12.4. The van der Waals surface area contributed by atoms with Gasteiger partial charge < -0.3 is 9.47 Å². The van der Waals surface area contributed by atoms with E-state index in [2.05, 4.69) is 0 Å². The van der Waals surface area contributed by atoms with Crippen LogP contribution in [0.3, 0.4) is 0 Å². The van der Waals surface area contributed by atoms with Crippen molar-refractivity contribution in [2.75, 3.05) is 28.3 Å². The zero-order chi connectivity index (χ0) is 14.6. The van der Waals surface area contributed by atoms with Crippen LogP contribution in [-0.4, -0.2) is 41.0 Å². The lowest BCUT2D eigenvalue weighted by atomic mass is 10.1. The molecule has 0 aliphatic heterocycles. The van der Waals surface area contributed by atoms with Crippen molar-refractivity contribution in [2.24, 2.45) is 0 Å². The van der Waals surface area contributed by atoms with Crippen molar-refractivity contribution in [1.82, 2.24) is 4.31 Å². The first kappa shape index (κ1) is 15.8. The molecule has 0 saturated carbocycles. The standard InChI is InChI=1S/C13H21NO4S/c1-6-7-10-8-11(17-4)9-12(18-5)13(10)19(15,16)14(2)3/h8-9H,6-7H2,1-5H3. The molecule has 0 atom stereocenters. The zero-order valence-corrected chi connectivity index (χ0v) is 12.9. The highest BCUT2D eigenvalue weighted by Crippen LogP contribution is 2.34. The molecule has 0 amide bonds. The molecule has 6 heteroatoms. The molecule has 0 bridgehead atoms. The van der Waals surface area contributed by atoms with E-state index in [1.54, 1.807) is 19.2 Å². The van der Waals surface area contributed by atoms with Gasteiger partial charge in [0.2, 0.25) is 10.0 Å². The smallest absolute Gasteiger partial charge is 0.246 e. The fourth-order valence-electron chi connectivity index (χ4n) is 1.83. The normalized spacial score (nSPS) is 11.7. The van der Waals surface area contributed by atoms with Crippen molar-refractivity contribution in [2.45, 2.75) is 24.7 Å². The van der Waals surface area contributed by atoms with E-state index in [9.17, 15) is 8.42 Å². The van der Waals surface area contributed by atoms with Crippen LogP contribution in [0.5, 0.6) is 11.5 Å². The summed E-state index contributed by atoms with van der Waals surface area (Å²) in [5.74, 6) is 0.912. The van der Waals surface area contributed by atoms with Gasteiger partial charge in [-0.2, -0.15) is 0 Å². The number of ether oxygens (including phenoxy) is 2. The SMILES string of the molecule is CCCc1cc(OC)cc(OC)c1S(=O)(=O)N(C)C. The van der Waals surface area contributed by atoms with Gasteiger partial charge in [-0.3, -0.25) is 0 Å². The third kappa shape index (κ3) is 3.19. The number of hydrogen-bond donors (Lipinski definition) is 0. The second-order valence-corrected chi connectivity index (χ2v) is 6.44. The van der Waals surface area contributed by atoms with Gasteiger partial charge in [-0.25, -0.2) is 12.7 Å². The van der Waals surface area contributed by atoms with Crippen LogP contribution in [0.2, 0.25) is 0 Å². The molecule has 0 radical (unpaired) electrons. The second kappa shape index (κ2) is 6.25. The van der Waals surface area contributed by atoms with E-state index in [1.165, 1.54) is 25.5 Å². The van der Waals surface area contributed by atoms with E-state index in [0.717, 1.165) is 6.42 Å². The minimum Gasteiger partial charge on any atom is -0.497 e. The van der Waals surface area contributed by atoms with Crippen molar-refractivity contribution in [3.8, 4) is 11.5 Å². The lowest BCUT2D eigenvalue weighted by molar-refractivity contribution is 0.383. The van der Waals surface area contributed by atoms with Crippen LogP contribution in [0.25, 0.3) is 0 Å². The van der Waals surface area contributed by atoms with Gasteiger partial charge in [0.15, 0.2) is 0 Å². The Kier molecular flexibility index (Phi) is 5.20. The monoisotopic (exact) mass is 287 g/mol. The van der Waals surface area contributed by atoms with E-state index in [4.69, 9.17) is 9.47 Å². The fourth-order valence-corrected chi connectivity index (χ4v) is 3.09. The summed E-state index contributed by atoms with van der Waals surface area (Å²) in [5.41, 5.74) is 0.715. The van der Waals surface area contributed by atoms with E-state index in [-0.39, 0.29) is 4.90 Å². The topological polar surface area (TPSA) is 55.8 Å². The molecule has 0 saturated heterocycles. The van der Waals surface area contributed by atoms with Crippen LogP contribution in [0, 0.1) is 0 Å². The average molecular weight is 287 g/mol. The van der Waals surface area contributed by atoms with Crippen molar-refractivity contribution in [1.29, 1.82) is 0 Å². The highest BCUT2D eigenvalue weighted by molar-refractivity contribution is 7.89. The summed E-state index contributed by atoms with van der Waals surface area (Å²) in [7, 11) is 2.48. The molecule has 5 nitrogen and oxygen atoms in total. The molecule has 0 spiro atoms. The number of nitrogens with zero attached hydrogens (tertiary/aromatic N) is 1. The maximum Gasteiger partial charge on any atom is 0.246 e. The van der Waals surface area contributed by atoms with Gasteiger partial charge in [0.1, 0.15) is 16.4 Å². The number of benzene rings is 1. The van der Waals surface area contributed by atoms with Crippen LogP contribution < -0.4 is 9.47 Å². The minimum atomic E-state index is -3.54. The number of hydrogen-bond acceptors (Lipinski definition) is 4. The molecule has 0 fully saturated rings. The van der Waals surface area contributed by atoms with Crippen molar-refractivity contribution >= 4 is 10.0 Å². The largest absolute Gasteiger partial charge is 0.497 e. The molecule has 1 rings (SSSR count). The Morgan fingerprint density at radius 1 is 1.16 bits per heavy atom. The first-order valence-corrected chi connectivity index (χ1v) is 7.49. The van der Waals surface area contributed by atoms with Crippen molar-refractivity contribution < 1.29 is 17.9 Å². The third-order valence-electron chi connectivity index (χ3n) is 2.82.